The first-order valence-corrected chi connectivity index (χ1v) is 6.84. The molecule has 2 amide bonds. The average Bonchev–Trinajstić information content (AvgIpc) is 2.43. The normalized spacial score (nSPS) is 10.1. The molecule has 0 heterocycles. The van der Waals surface area contributed by atoms with Crippen LogP contribution in [0.5, 0.6) is 0 Å². The summed E-state index contributed by atoms with van der Waals surface area (Å²) >= 11 is 0. The van der Waals surface area contributed by atoms with Crippen LogP contribution < -0.4 is 10.6 Å². The number of nitrogens with zero attached hydrogens (tertiary/aromatic N) is 3. The predicted molar refractivity (Wildman–Crippen MR) is 85.5 cm³/mol. The van der Waals surface area contributed by atoms with Crippen LogP contribution in [0, 0.1) is 0 Å². The lowest BCUT2D eigenvalue weighted by Crippen LogP contribution is -2.37. The molecule has 2 N–H and O–H groups in total. The SMILES string of the molecule is CCN(CC(=O)N(C)C)c1ccc(C(=O)N(C)C)cc1N. The number of anilines is 2. The van der Waals surface area contributed by atoms with E-state index < -0.39 is 0 Å². The van der Waals surface area contributed by atoms with E-state index in [0.717, 1.165) is 5.69 Å². The van der Waals surface area contributed by atoms with Crippen LogP contribution in [0.2, 0.25) is 0 Å². The van der Waals surface area contributed by atoms with Crippen molar-refractivity contribution in [2.75, 3.05) is 51.9 Å². The second-order valence-electron chi connectivity index (χ2n) is 5.28. The largest absolute Gasteiger partial charge is 0.397 e. The Morgan fingerprint density at radius 1 is 1.10 bits per heavy atom. The number of carbonyl (C=O) groups excluding carboxylic acids is 2. The molecule has 0 aliphatic heterocycles. The van der Waals surface area contributed by atoms with E-state index in [1.807, 2.05) is 11.8 Å². The van der Waals surface area contributed by atoms with Crippen molar-refractivity contribution in [2.24, 2.45) is 0 Å². The minimum Gasteiger partial charge on any atom is -0.397 e. The van der Waals surface area contributed by atoms with Gasteiger partial charge in [-0.2, -0.15) is 0 Å². The fourth-order valence-corrected chi connectivity index (χ4v) is 1.91. The van der Waals surface area contributed by atoms with Crippen LogP contribution in [-0.2, 0) is 4.79 Å². The van der Waals surface area contributed by atoms with Gasteiger partial charge in [0.2, 0.25) is 5.91 Å². The van der Waals surface area contributed by atoms with Crippen LogP contribution in [0.3, 0.4) is 0 Å². The fourth-order valence-electron chi connectivity index (χ4n) is 1.91. The summed E-state index contributed by atoms with van der Waals surface area (Å²) in [4.78, 5) is 28.7. The van der Waals surface area contributed by atoms with Crippen LogP contribution in [-0.4, -0.2) is 62.9 Å². The number of hydrogen-bond donors (Lipinski definition) is 1. The van der Waals surface area contributed by atoms with Gasteiger partial charge in [0.05, 0.1) is 17.9 Å². The van der Waals surface area contributed by atoms with Gasteiger partial charge < -0.3 is 20.4 Å². The standard InChI is InChI=1S/C15H24N4O2/c1-6-19(10-14(20)17(2)3)13-8-7-11(9-12(13)16)15(21)18(4)5/h7-9H,6,10,16H2,1-5H3. The first-order valence-electron chi connectivity index (χ1n) is 6.84. The molecule has 0 saturated carbocycles. The summed E-state index contributed by atoms with van der Waals surface area (Å²) in [6, 6.07) is 5.18. The molecular formula is C15H24N4O2. The van der Waals surface area contributed by atoms with Gasteiger partial charge in [-0.05, 0) is 25.1 Å². The van der Waals surface area contributed by atoms with Crippen molar-refractivity contribution >= 4 is 23.2 Å². The number of nitrogens with two attached hydrogens (primary N) is 1. The minimum atomic E-state index is -0.0966. The topological polar surface area (TPSA) is 69.9 Å². The highest BCUT2D eigenvalue weighted by molar-refractivity contribution is 5.96. The maximum absolute atomic E-state index is 11.9. The molecule has 0 radical (unpaired) electrons. The molecule has 6 heteroatoms. The molecule has 0 bridgehead atoms. The molecule has 116 valence electrons. The van der Waals surface area contributed by atoms with Crippen LogP contribution in [0.25, 0.3) is 0 Å². The summed E-state index contributed by atoms with van der Waals surface area (Å²) in [5.74, 6) is -0.0923. The highest BCUT2D eigenvalue weighted by atomic mass is 16.2. The molecule has 6 nitrogen and oxygen atoms in total. The Hall–Kier alpha value is -2.24. The maximum atomic E-state index is 11.9. The monoisotopic (exact) mass is 292 g/mol. The van der Waals surface area contributed by atoms with Gasteiger partial charge in [0, 0.05) is 40.3 Å². The molecular weight excluding hydrogens is 268 g/mol. The summed E-state index contributed by atoms with van der Waals surface area (Å²) in [6.07, 6.45) is 0. The molecule has 0 fully saturated rings. The van der Waals surface area contributed by atoms with Crippen molar-refractivity contribution in [3.8, 4) is 0 Å². The summed E-state index contributed by atoms with van der Waals surface area (Å²) in [5.41, 5.74) is 7.85. The molecule has 1 rings (SSSR count). The summed E-state index contributed by atoms with van der Waals surface area (Å²) in [7, 11) is 6.83. The number of hydrogen-bond acceptors (Lipinski definition) is 4. The van der Waals surface area contributed by atoms with Gasteiger partial charge in [-0.15, -0.1) is 0 Å². The molecule has 0 spiro atoms. The summed E-state index contributed by atoms with van der Waals surface area (Å²) < 4.78 is 0. The molecule has 1 aromatic rings. The van der Waals surface area contributed by atoms with Crippen LogP contribution in [0.4, 0.5) is 11.4 Å². The second kappa shape index (κ2) is 6.97. The van der Waals surface area contributed by atoms with E-state index in [2.05, 4.69) is 0 Å². The quantitative estimate of drug-likeness (QED) is 0.818. The molecule has 0 saturated heterocycles. The molecule has 1 aromatic carbocycles. The summed E-state index contributed by atoms with van der Waals surface area (Å²) in [5, 5.41) is 0. The van der Waals surface area contributed by atoms with Crippen molar-refractivity contribution in [2.45, 2.75) is 6.92 Å². The lowest BCUT2D eigenvalue weighted by Gasteiger charge is -2.26. The third-order valence-electron chi connectivity index (χ3n) is 3.23. The van der Waals surface area contributed by atoms with Gasteiger partial charge in [-0.25, -0.2) is 0 Å². The van der Waals surface area contributed by atoms with E-state index >= 15 is 0 Å². The van der Waals surface area contributed by atoms with Gasteiger partial charge in [-0.1, -0.05) is 0 Å². The van der Waals surface area contributed by atoms with E-state index in [1.54, 1.807) is 51.3 Å². The Kier molecular flexibility index (Phi) is 5.58. The van der Waals surface area contributed by atoms with Crippen molar-refractivity contribution in [3.63, 3.8) is 0 Å². The van der Waals surface area contributed by atoms with Gasteiger partial charge in [0.25, 0.3) is 5.91 Å². The van der Waals surface area contributed by atoms with Crippen molar-refractivity contribution in [1.82, 2.24) is 9.80 Å². The fraction of sp³-hybridized carbons (Fsp3) is 0.467. The molecule has 21 heavy (non-hydrogen) atoms. The average molecular weight is 292 g/mol. The van der Waals surface area contributed by atoms with E-state index in [-0.39, 0.29) is 18.4 Å². The molecule has 0 unspecified atom stereocenters. The molecule has 0 aliphatic carbocycles. The third kappa shape index (κ3) is 4.11. The van der Waals surface area contributed by atoms with E-state index in [9.17, 15) is 9.59 Å². The van der Waals surface area contributed by atoms with Crippen molar-refractivity contribution in [3.05, 3.63) is 23.8 Å². The zero-order valence-electron chi connectivity index (χ0n) is 13.4. The Bertz CT molecular complexity index is 526. The highest BCUT2D eigenvalue weighted by Gasteiger charge is 2.16. The Morgan fingerprint density at radius 3 is 2.14 bits per heavy atom. The zero-order chi connectivity index (χ0) is 16.2. The van der Waals surface area contributed by atoms with Crippen LogP contribution >= 0.6 is 0 Å². The number of carbonyl (C=O) groups is 2. The van der Waals surface area contributed by atoms with Gasteiger partial charge >= 0.3 is 0 Å². The smallest absolute Gasteiger partial charge is 0.253 e. The first kappa shape index (κ1) is 16.8. The van der Waals surface area contributed by atoms with E-state index in [0.29, 0.717) is 17.8 Å². The molecule has 0 atom stereocenters. The van der Waals surface area contributed by atoms with Gasteiger partial charge in [0.1, 0.15) is 0 Å². The van der Waals surface area contributed by atoms with E-state index in [4.69, 9.17) is 5.73 Å². The number of benzene rings is 1. The second-order valence-corrected chi connectivity index (χ2v) is 5.28. The Labute approximate surface area is 126 Å². The maximum Gasteiger partial charge on any atom is 0.253 e. The van der Waals surface area contributed by atoms with Gasteiger partial charge in [0.15, 0.2) is 0 Å². The third-order valence-corrected chi connectivity index (χ3v) is 3.23. The number of nitrogen functional groups attached to an aromatic ring is 1. The van der Waals surface area contributed by atoms with Crippen molar-refractivity contribution in [1.29, 1.82) is 0 Å². The Balaban J connectivity index is 3.02. The number of amides is 2. The molecule has 0 aromatic heterocycles. The van der Waals surface area contributed by atoms with Crippen LogP contribution in [0.15, 0.2) is 18.2 Å². The highest BCUT2D eigenvalue weighted by Crippen LogP contribution is 2.24. The predicted octanol–water partition coefficient (Wildman–Crippen LogP) is 0.885. The van der Waals surface area contributed by atoms with Gasteiger partial charge in [-0.3, -0.25) is 9.59 Å². The lowest BCUT2D eigenvalue weighted by molar-refractivity contribution is -0.127. The van der Waals surface area contributed by atoms with E-state index in [1.165, 1.54) is 4.90 Å². The number of rotatable bonds is 5. The Morgan fingerprint density at radius 2 is 1.71 bits per heavy atom. The summed E-state index contributed by atoms with van der Waals surface area (Å²) in [6.45, 7) is 2.88. The minimum absolute atomic E-state index is 0.00435. The number of likely N-dealkylation sites (N-methyl/N-ethyl adjacent to an activating group) is 2. The van der Waals surface area contributed by atoms with Crippen molar-refractivity contribution < 1.29 is 9.59 Å². The zero-order valence-corrected chi connectivity index (χ0v) is 13.4. The first-order chi connectivity index (χ1) is 9.77. The lowest BCUT2D eigenvalue weighted by atomic mass is 10.1. The van der Waals surface area contributed by atoms with Crippen LogP contribution in [0.1, 0.15) is 17.3 Å². The molecule has 0 aliphatic rings.